The van der Waals surface area contributed by atoms with Crippen molar-refractivity contribution in [1.29, 1.82) is 0 Å². The van der Waals surface area contributed by atoms with E-state index < -0.39 is 36.9 Å². The number of nitro benzene ring substituents is 1. The largest absolute Gasteiger partial charge is 0.386 e. The molecule has 1 aliphatic heterocycles. The molecule has 0 aliphatic carbocycles. The highest BCUT2D eigenvalue weighted by atomic mass is 32.2. The molecule has 1 aliphatic rings. The Kier molecular flexibility index (Phi) is 4.23. The predicted octanol–water partition coefficient (Wildman–Crippen LogP) is 0.164. The van der Waals surface area contributed by atoms with Crippen LogP contribution in [0.4, 0.5) is 10.1 Å². The van der Waals surface area contributed by atoms with E-state index in [9.17, 15) is 28.0 Å². The van der Waals surface area contributed by atoms with Crippen molar-refractivity contribution in [1.82, 2.24) is 4.72 Å². The molecule has 0 amide bonds. The molecule has 1 heterocycles. The number of aliphatic hydroxyl groups is 1. The van der Waals surface area contributed by atoms with Crippen LogP contribution in [0.1, 0.15) is 6.42 Å². The van der Waals surface area contributed by atoms with Gasteiger partial charge in [-0.3, -0.25) is 10.1 Å². The van der Waals surface area contributed by atoms with E-state index in [1.807, 2.05) is 4.72 Å². The molecule has 1 aromatic carbocycles. The predicted molar refractivity (Wildman–Crippen MR) is 68.6 cm³/mol. The summed E-state index contributed by atoms with van der Waals surface area (Å²) in [5.41, 5.74) is -1.90. The Morgan fingerprint density at radius 3 is 2.81 bits per heavy atom. The molecule has 8 nitrogen and oxygen atoms in total. The fourth-order valence-electron chi connectivity index (χ4n) is 1.85. The van der Waals surface area contributed by atoms with Gasteiger partial charge in [-0.2, -0.15) is 0 Å². The third kappa shape index (κ3) is 3.53. The molecule has 1 unspecified atom stereocenters. The molecule has 2 N–H and O–H groups in total. The highest BCUT2D eigenvalue weighted by Crippen LogP contribution is 2.22. The lowest BCUT2D eigenvalue weighted by Crippen LogP contribution is -2.43. The maximum absolute atomic E-state index is 13.6. The van der Waals surface area contributed by atoms with Crippen LogP contribution in [0.2, 0.25) is 0 Å². The number of nitrogens with zero attached hydrogens (tertiary/aromatic N) is 1. The lowest BCUT2D eigenvalue weighted by Gasteiger charge is -2.20. The topological polar surface area (TPSA) is 119 Å². The first-order valence-electron chi connectivity index (χ1n) is 5.97. The van der Waals surface area contributed by atoms with Crippen molar-refractivity contribution in [2.45, 2.75) is 16.9 Å². The van der Waals surface area contributed by atoms with E-state index in [1.165, 1.54) is 0 Å². The van der Waals surface area contributed by atoms with E-state index in [0.717, 1.165) is 6.07 Å². The van der Waals surface area contributed by atoms with Gasteiger partial charge in [-0.1, -0.05) is 0 Å². The monoisotopic (exact) mass is 320 g/mol. The molecule has 1 saturated heterocycles. The smallest absolute Gasteiger partial charge is 0.270 e. The van der Waals surface area contributed by atoms with Crippen LogP contribution < -0.4 is 4.72 Å². The van der Waals surface area contributed by atoms with Crippen LogP contribution in [-0.2, 0) is 14.8 Å². The van der Waals surface area contributed by atoms with Crippen LogP contribution in [0.5, 0.6) is 0 Å². The third-order valence-corrected chi connectivity index (χ3v) is 4.51. The molecule has 0 bridgehead atoms. The first kappa shape index (κ1) is 15.8. The van der Waals surface area contributed by atoms with Crippen molar-refractivity contribution in [3.63, 3.8) is 0 Å². The minimum atomic E-state index is -4.32. The first-order chi connectivity index (χ1) is 9.73. The molecule has 0 saturated carbocycles. The summed E-state index contributed by atoms with van der Waals surface area (Å²) in [6.45, 7) is -0.103. The maximum Gasteiger partial charge on any atom is 0.270 e. The van der Waals surface area contributed by atoms with E-state index in [2.05, 4.69) is 0 Å². The molecule has 2 rings (SSSR count). The Morgan fingerprint density at radius 2 is 2.24 bits per heavy atom. The van der Waals surface area contributed by atoms with Crippen LogP contribution in [0.25, 0.3) is 0 Å². The van der Waals surface area contributed by atoms with Crippen molar-refractivity contribution >= 4 is 15.7 Å². The minimum Gasteiger partial charge on any atom is -0.386 e. The number of ether oxygens (including phenoxy) is 1. The van der Waals surface area contributed by atoms with Crippen LogP contribution in [0, 0.1) is 15.9 Å². The summed E-state index contributed by atoms with van der Waals surface area (Å²) >= 11 is 0. The molecule has 1 fully saturated rings. The summed E-state index contributed by atoms with van der Waals surface area (Å²) in [7, 11) is -4.32. The van der Waals surface area contributed by atoms with Gasteiger partial charge < -0.3 is 9.84 Å². The second-order valence-corrected chi connectivity index (χ2v) is 6.46. The zero-order chi connectivity index (χ0) is 15.7. The molecule has 1 aromatic rings. The fourth-order valence-corrected chi connectivity index (χ4v) is 3.07. The van der Waals surface area contributed by atoms with E-state index in [4.69, 9.17) is 4.74 Å². The molecule has 10 heteroatoms. The van der Waals surface area contributed by atoms with Gasteiger partial charge in [0.15, 0.2) is 0 Å². The number of non-ortho nitro benzene ring substituents is 1. The molecule has 0 aromatic heterocycles. The average molecular weight is 320 g/mol. The number of benzene rings is 1. The van der Waals surface area contributed by atoms with Gasteiger partial charge in [0.25, 0.3) is 5.69 Å². The summed E-state index contributed by atoms with van der Waals surface area (Å²) in [4.78, 5) is 8.96. The number of nitrogens with one attached hydrogen (secondary N) is 1. The van der Waals surface area contributed by atoms with Crippen LogP contribution in [-0.4, -0.2) is 43.8 Å². The zero-order valence-electron chi connectivity index (χ0n) is 10.8. The Morgan fingerprint density at radius 1 is 1.52 bits per heavy atom. The SMILES string of the molecule is O=[N+]([O-])c1ccc(F)c(S(=O)(=O)NCC2(O)CCOC2)c1. The standard InChI is InChI=1S/C11H13FN2O6S/c12-9-2-1-8(14(16)17)5-10(9)21(18,19)13-6-11(15)3-4-20-7-11/h1-2,5,13,15H,3-4,6-7H2. The number of hydrogen-bond donors (Lipinski definition) is 2. The summed E-state index contributed by atoms with van der Waals surface area (Å²) in [5, 5.41) is 20.6. The van der Waals surface area contributed by atoms with Crippen molar-refractivity contribution in [3.8, 4) is 0 Å². The first-order valence-corrected chi connectivity index (χ1v) is 7.46. The lowest BCUT2D eigenvalue weighted by molar-refractivity contribution is -0.385. The molecule has 116 valence electrons. The highest BCUT2D eigenvalue weighted by molar-refractivity contribution is 7.89. The second kappa shape index (κ2) is 5.64. The van der Waals surface area contributed by atoms with Crippen LogP contribution >= 0.6 is 0 Å². The Bertz CT molecular complexity index is 657. The molecule has 1 atom stereocenters. The molecule has 0 spiro atoms. The van der Waals surface area contributed by atoms with Crippen molar-refractivity contribution in [2.24, 2.45) is 0 Å². The lowest BCUT2D eigenvalue weighted by atomic mass is 10.1. The fraction of sp³-hybridized carbons (Fsp3) is 0.455. The number of rotatable bonds is 5. The number of nitro groups is 1. The summed E-state index contributed by atoms with van der Waals surface area (Å²) in [5.74, 6) is -1.11. The van der Waals surface area contributed by atoms with Gasteiger partial charge in [0.05, 0.1) is 11.5 Å². The number of halogens is 1. The summed E-state index contributed by atoms with van der Waals surface area (Å²) in [6, 6.07) is 2.21. The molecule has 0 radical (unpaired) electrons. The molecule has 21 heavy (non-hydrogen) atoms. The van der Waals surface area contributed by atoms with Gasteiger partial charge in [0, 0.05) is 31.7 Å². The maximum atomic E-state index is 13.6. The number of hydrogen-bond acceptors (Lipinski definition) is 6. The minimum absolute atomic E-state index is 0.0348. The van der Waals surface area contributed by atoms with Gasteiger partial charge in [0.1, 0.15) is 16.3 Å². The molecular formula is C11H13FN2O6S. The summed E-state index contributed by atoms with van der Waals surface area (Å²) < 4.78 is 44.6. The van der Waals surface area contributed by atoms with Gasteiger partial charge in [-0.05, 0) is 6.07 Å². The Hall–Kier alpha value is -1.62. The van der Waals surface area contributed by atoms with Gasteiger partial charge >= 0.3 is 0 Å². The van der Waals surface area contributed by atoms with Crippen LogP contribution in [0.3, 0.4) is 0 Å². The summed E-state index contributed by atoms with van der Waals surface area (Å²) in [6.07, 6.45) is 0.243. The normalized spacial score (nSPS) is 22.4. The van der Waals surface area contributed by atoms with Gasteiger partial charge in [0.2, 0.25) is 10.0 Å². The van der Waals surface area contributed by atoms with E-state index >= 15 is 0 Å². The van der Waals surface area contributed by atoms with Crippen molar-refractivity contribution in [3.05, 3.63) is 34.1 Å². The molecular weight excluding hydrogens is 307 g/mol. The quantitative estimate of drug-likeness (QED) is 0.589. The van der Waals surface area contributed by atoms with Crippen molar-refractivity contribution in [2.75, 3.05) is 19.8 Å². The van der Waals surface area contributed by atoms with Gasteiger partial charge in [-0.25, -0.2) is 17.5 Å². The second-order valence-electron chi connectivity index (χ2n) is 4.72. The van der Waals surface area contributed by atoms with Crippen molar-refractivity contribution < 1.29 is 27.6 Å². The average Bonchev–Trinajstić information content (AvgIpc) is 2.84. The Balaban J connectivity index is 2.23. The zero-order valence-corrected chi connectivity index (χ0v) is 11.6. The number of sulfonamides is 1. The highest BCUT2D eigenvalue weighted by Gasteiger charge is 2.34. The van der Waals surface area contributed by atoms with E-state index in [1.54, 1.807) is 0 Å². The van der Waals surface area contributed by atoms with Crippen LogP contribution in [0.15, 0.2) is 23.1 Å². The van der Waals surface area contributed by atoms with E-state index in [-0.39, 0.29) is 19.6 Å². The van der Waals surface area contributed by atoms with E-state index in [0.29, 0.717) is 18.7 Å². The van der Waals surface area contributed by atoms with Gasteiger partial charge in [-0.15, -0.1) is 0 Å². The third-order valence-electron chi connectivity index (χ3n) is 3.09. The Labute approximate surface area is 119 Å².